The standard InChI is InChI=1S/C14H24N4/c1-4-18(10-13-6-5-7-15-8-13)14-9-16-11(2)12(3)17-14/h9,13,15H,4-8,10H2,1-3H3. The molecule has 1 aromatic heterocycles. The van der Waals surface area contributed by atoms with Crippen molar-refractivity contribution in [3.05, 3.63) is 17.6 Å². The second-order valence-corrected chi connectivity index (χ2v) is 5.15. The third-order valence-electron chi connectivity index (χ3n) is 3.76. The summed E-state index contributed by atoms with van der Waals surface area (Å²) in [6.45, 7) is 10.6. The summed E-state index contributed by atoms with van der Waals surface area (Å²) < 4.78 is 0. The van der Waals surface area contributed by atoms with Crippen molar-refractivity contribution in [2.45, 2.75) is 33.6 Å². The molecule has 0 saturated carbocycles. The summed E-state index contributed by atoms with van der Waals surface area (Å²) in [7, 11) is 0. The first-order chi connectivity index (χ1) is 8.70. The molecular formula is C14H24N4. The molecule has 0 aliphatic carbocycles. The summed E-state index contributed by atoms with van der Waals surface area (Å²) in [6.07, 6.45) is 4.52. The number of piperidine rings is 1. The average Bonchev–Trinajstić information content (AvgIpc) is 2.40. The normalized spacial score (nSPS) is 19.8. The van der Waals surface area contributed by atoms with E-state index in [1.54, 1.807) is 0 Å². The molecular weight excluding hydrogens is 224 g/mol. The van der Waals surface area contributed by atoms with Gasteiger partial charge in [-0.3, -0.25) is 4.98 Å². The summed E-state index contributed by atoms with van der Waals surface area (Å²) in [4.78, 5) is 11.4. The summed E-state index contributed by atoms with van der Waals surface area (Å²) in [5.74, 6) is 1.76. The van der Waals surface area contributed by atoms with Crippen LogP contribution in [0.25, 0.3) is 0 Å². The lowest BCUT2D eigenvalue weighted by atomic mass is 9.99. The summed E-state index contributed by atoms with van der Waals surface area (Å²) in [5, 5.41) is 3.47. The molecule has 1 N–H and O–H groups in total. The number of hydrogen-bond acceptors (Lipinski definition) is 4. The Bertz CT molecular complexity index is 385. The number of aromatic nitrogens is 2. The van der Waals surface area contributed by atoms with Crippen LogP contribution in [0.15, 0.2) is 6.20 Å². The van der Waals surface area contributed by atoms with Gasteiger partial charge in [-0.15, -0.1) is 0 Å². The fraction of sp³-hybridized carbons (Fsp3) is 0.714. The van der Waals surface area contributed by atoms with E-state index >= 15 is 0 Å². The van der Waals surface area contributed by atoms with Crippen LogP contribution in [-0.4, -0.2) is 36.1 Å². The maximum Gasteiger partial charge on any atom is 0.147 e. The monoisotopic (exact) mass is 248 g/mol. The van der Waals surface area contributed by atoms with Crippen LogP contribution in [0.3, 0.4) is 0 Å². The zero-order valence-corrected chi connectivity index (χ0v) is 11.7. The summed E-state index contributed by atoms with van der Waals surface area (Å²) >= 11 is 0. The Morgan fingerprint density at radius 3 is 2.83 bits per heavy atom. The molecule has 1 unspecified atom stereocenters. The Labute approximate surface area is 110 Å². The van der Waals surface area contributed by atoms with Crippen LogP contribution in [0.2, 0.25) is 0 Å². The maximum absolute atomic E-state index is 4.65. The molecule has 4 nitrogen and oxygen atoms in total. The minimum atomic E-state index is 0.738. The van der Waals surface area contributed by atoms with E-state index in [0.717, 1.165) is 42.8 Å². The number of rotatable bonds is 4. The number of hydrogen-bond donors (Lipinski definition) is 1. The molecule has 18 heavy (non-hydrogen) atoms. The molecule has 0 aromatic carbocycles. The molecule has 4 heteroatoms. The topological polar surface area (TPSA) is 41.0 Å². The zero-order valence-electron chi connectivity index (χ0n) is 11.7. The summed E-state index contributed by atoms with van der Waals surface area (Å²) in [6, 6.07) is 0. The molecule has 0 amide bonds. The van der Waals surface area contributed by atoms with Gasteiger partial charge in [0, 0.05) is 13.1 Å². The van der Waals surface area contributed by atoms with Crippen LogP contribution in [-0.2, 0) is 0 Å². The van der Waals surface area contributed by atoms with E-state index in [2.05, 4.69) is 27.1 Å². The lowest BCUT2D eigenvalue weighted by Gasteiger charge is -2.30. The van der Waals surface area contributed by atoms with Gasteiger partial charge in [0.15, 0.2) is 0 Å². The first kappa shape index (κ1) is 13.3. The first-order valence-electron chi connectivity index (χ1n) is 6.96. The predicted molar refractivity (Wildman–Crippen MR) is 75.0 cm³/mol. The Balaban J connectivity index is 2.04. The highest BCUT2D eigenvalue weighted by Crippen LogP contribution is 2.17. The molecule has 2 heterocycles. The SMILES string of the molecule is CCN(CC1CCCNC1)c1cnc(C)c(C)n1. The van der Waals surface area contributed by atoms with Crippen molar-refractivity contribution < 1.29 is 0 Å². The van der Waals surface area contributed by atoms with Gasteiger partial charge in [0.25, 0.3) is 0 Å². The highest BCUT2D eigenvalue weighted by molar-refractivity contribution is 5.37. The van der Waals surface area contributed by atoms with E-state index in [1.165, 1.54) is 19.4 Å². The van der Waals surface area contributed by atoms with Gasteiger partial charge in [-0.1, -0.05) is 0 Å². The van der Waals surface area contributed by atoms with Gasteiger partial charge in [0.2, 0.25) is 0 Å². The summed E-state index contributed by atoms with van der Waals surface area (Å²) in [5.41, 5.74) is 2.06. The third-order valence-corrected chi connectivity index (χ3v) is 3.76. The molecule has 1 saturated heterocycles. The number of nitrogens with one attached hydrogen (secondary N) is 1. The van der Waals surface area contributed by atoms with Crippen molar-refractivity contribution in [2.24, 2.45) is 5.92 Å². The Hall–Kier alpha value is -1.16. The maximum atomic E-state index is 4.65. The van der Waals surface area contributed by atoms with Crippen LogP contribution in [0.4, 0.5) is 5.82 Å². The van der Waals surface area contributed by atoms with Crippen molar-refractivity contribution in [3.8, 4) is 0 Å². The molecule has 100 valence electrons. The van der Waals surface area contributed by atoms with Gasteiger partial charge in [0.05, 0.1) is 17.6 Å². The van der Waals surface area contributed by atoms with Crippen molar-refractivity contribution in [3.63, 3.8) is 0 Å². The van der Waals surface area contributed by atoms with Crippen LogP contribution >= 0.6 is 0 Å². The van der Waals surface area contributed by atoms with Crippen molar-refractivity contribution in [2.75, 3.05) is 31.1 Å². The van der Waals surface area contributed by atoms with Crippen molar-refractivity contribution in [1.29, 1.82) is 0 Å². The second-order valence-electron chi connectivity index (χ2n) is 5.15. The largest absolute Gasteiger partial charge is 0.355 e. The molecule has 0 bridgehead atoms. The first-order valence-corrected chi connectivity index (χ1v) is 6.96. The van der Waals surface area contributed by atoms with Crippen LogP contribution in [0.5, 0.6) is 0 Å². The third kappa shape index (κ3) is 3.19. The van der Waals surface area contributed by atoms with Gasteiger partial charge in [-0.2, -0.15) is 0 Å². The molecule has 0 spiro atoms. The molecule has 2 rings (SSSR count). The van der Waals surface area contributed by atoms with Gasteiger partial charge < -0.3 is 10.2 Å². The Morgan fingerprint density at radius 1 is 1.39 bits per heavy atom. The fourth-order valence-corrected chi connectivity index (χ4v) is 2.46. The van der Waals surface area contributed by atoms with E-state index in [0.29, 0.717) is 0 Å². The number of aryl methyl sites for hydroxylation is 2. The molecule has 1 fully saturated rings. The van der Waals surface area contributed by atoms with Crippen molar-refractivity contribution in [1.82, 2.24) is 15.3 Å². The van der Waals surface area contributed by atoms with E-state index in [4.69, 9.17) is 0 Å². The van der Waals surface area contributed by atoms with Gasteiger partial charge in [-0.05, 0) is 52.6 Å². The lowest BCUT2D eigenvalue weighted by Crippen LogP contribution is -2.38. The van der Waals surface area contributed by atoms with Gasteiger partial charge >= 0.3 is 0 Å². The van der Waals surface area contributed by atoms with Crippen LogP contribution in [0.1, 0.15) is 31.2 Å². The minimum absolute atomic E-state index is 0.738. The Morgan fingerprint density at radius 2 is 2.22 bits per heavy atom. The van der Waals surface area contributed by atoms with E-state index in [-0.39, 0.29) is 0 Å². The lowest BCUT2D eigenvalue weighted by molar-refractivity contribution is 0.377. The smallest absolute Gasteiger partial charge is 0.147 e. The Kier molecular flexibility index (Phi) is 4.53. The van der Waals surface area contributed by atoms with E-state index in [9.17, 15) is 0 Å². The molecule has 1 aliphatic rings. The molecule has 1 aliphatic heterocycles. The highest BCUT2D eigenvalue weighted by atomic mass is 15.2. The van der Waals surface area contributed by atoms with Crippen LogP contribution < -0.4 is 10.2 Å². The van der Waals surface area contributed by atoms with Gasteiger partial charge in [-0.25, -0.2) is 4.98 Å². The quantitative estimate of drug-likeness (QED) is 0.884. The van der Waals surface area contributed by atoms with Gasteiger partial charge in [0.1, 0.15) is 5.82 Å². The molecule has 0 radical (unpaired) electrons. The van der Waals surface area contributed by atoms with Crippen LogP contribution in [0, 0.1) is 19.8 Å². The highest BCUT2D eigenvalue weighted by Gasteiger charge is 2.17. The number of anilines is 1. The predicted octanol–water partition coefficient (Wildman–Crippen LogP) is 1.92. The number of nitrogens with zero attached hydrogens (tertiary/aromatic N) is 3. The van der Waals surface area contributed by atoms with E-state index < -0.39 is 0 Å². The second kappa shape index (κ2) is 6.14. The average molecular weight is 248 g/mol. The molecule has 1 aromatic rings. The fourth-order valence-electron chi connectivity index (χ4n) is 2.46. The van der Waals surface area contributed by atoms with Crippen molar-refractivity contribution >= 4 is 5.82 Å². The zero-order chi connectivity index (χ0) is 13.0. The molecule has 1 atom stereocenters. The van der Waals surface area contributed by atoms with E-state index in [1.807, 2.05) is 20.0 Å². The minimum Gasteiger partial charge on any atom is -0.355 e.